The molecule has 2 aromatic rings. The average molecular weight is 350 g/mol. The van der Waals surface area contributed by atoms with Gasteiger partial charge in [0, 0.05) is 6.07 Å². The minimum absolute atomic E-state index is 0. The van der Waals surface area contributed by atoms with Crippen molar-refractivity contribution in [2.24, 2.45) is 5.73 Å². The number of aliphatic carboxylic acids is 1. The van der Waals surface area contributed by atoms with Gasteiger partial charge in [-0.05, 0) is 26.0 Å². The molecule has 3 N–H and O–H groups in total. The Morgan fingerprint density at radius 1 is 1.41 bits per heavy atom. The molecule has 8 heteroatoms. The summed E-state index contributed by atoms with van der Waals surface area (Å²) in [5.74, 6) is 0.626. The van der Waals surface area contributed by atoms with E-state index in [9.17, 15) is 4.79 Å². The first-order valence-electron chi connectivity index (χ1n) is 6.72. The van der Waals surface area contributed by atoms with Crippen LogP contribution in [-0.2, 0) is 24.4 Å². The lowest BCUT2D eigenvalue weighted by molar-refractivity contribution is -0.676. The van der Waals surface area contributed by atoms with Gasteiger partial charge in [0.05, 0.1) is 19.6 Å². The van der Waals surface area contributed by atoms with E-state index in [1.54, 1.807) is 6.07 Å². The van der Waals surface area contributed by atoms with Gasteiger partial charge in [0.15, 0.2) is 17.6 Å². The Kier molecular flexibility index (Phi) is 8.22. The van der Waals surface area contributed by atoms with E-state index in [1.807, 2.05) is 12.1 Å². The highest BCUT2D eigenvalue weighted by atomic mass is 35.5. The van der Waals surface area contributed by atoms with Gasteiger partial charge >= 0.3 is 5.97 Å². The number of hydrogen-bond acceptors (Lipinski definition) is 3. The first-order valence-corrected chi connectivity index (χ1v) is 6.72. The molecule has 0 saturated carbocycles. The van der Waals surface area contributed by atoms with Gasteiger partial charge in [-0.15, -0.1) is 12.4 Å². The Hall–Kier alpha value is -1.50. The standard InChI is InChI=1S/C14H19N3O3.2ClH/c1-3-16-11-6-5-10(20-9-14(18)19)7-12(11)17(4-2)13(16)8-15;;/h5-7H,3-4,8-9,15H2,1-2H3;2*1H. The van der Waals surface area contributed by atoms with Crippen molar-refractivity contribution in [1.82, 2.24) is 4.57 Å². The maximum absolute atomic E-state index is 10.6. The van der Waals surface area contributed by atoms with Crippen LogP contribution >= 0.6 is 12.4 Å². The van der Waals surface area contributed by atoms with Crippen molar-refractivity contribution in [2.45, 2.75) is 33.5 Å². The van der Waals surface area contributed by atoms with Crippen molar-refractivity contribution >= 4 is 29.4 Å². The zero-order valence-electron chi connectivity index (χ0n) is 12.6. The molecule has 0 saturated heterocycles. The van der Waals surface area contributed by atoms with E-state index in [1.165, 1.54) is 0 Å². The zero-order valence-corrected chi connectivity index (χ0v) is 14.2. The van der Waals surface area contributed by atoms with Crippen molar-refractivity contribution in [1.29, 1.82) is 0 Å². The number of nitrogens with two attached hydrogens (primary N) is 1. The maximum Gasteiger partial charge on any atom is 0.341 e. The molecule has 0 aliphatic rings. The molecule has 1 aromatic carbocycles. The number of aromatic nitrogens is 2. The molecule has 0 bridgehead atoms. The van der Waals surface area contributed by atoms with E-state index < -0.39 is 5.97 Å². The predicted molar refractivity (Wildman–Crippen MR) is 81.8 cm³/mol. The molecule has 0 amide bonds. The predicted octanol–water partition coefficient (Wildman–Crippen LogP) is -1.68. The third-order valence-corrected chi connectivity index (χ3v) is 3.33. The number of rotatable bonds is 6. The lowest BCUT2D eigenvalue weighted by Crippen LogP contribution is -3.00. The van der Waals surface area contributed by atoms with Crippen LogP contribution in [0.4, 0.5) is 0 Å². The second kappa shape index (κ2) is 8.82. The van der Waals surface area contributed by atoms with Crippen LogP contribution in [0.1, 0.15) is 19.7 Å². The summed E-state index contributed by atoms with van der Waals surface area (Å²) in [5.41, 5.74) is 7.95. The molecule has 0 aliphatic heterocycles. The Labute approximate surface area is 141 Å². The monoisotopic (exact) mass is 349 g/mol. The minimum Gasteiger partial charge on any atom is -1.00 e. The van der Waals surface area contributed by atoms with Crippen LogP contribution in [0.15, 0.2) is 18.2 Å². The number of halogens is 2. The lowest BCUT2D eigenvalue weighted by Gasteiger charge is -2.02. The summed E-state index contributed by atoms with van der Waals surface area (Å²) in [7, 11) is 0. The second-order valence-corrected chi connectivity index (χ2v) is 4.44. The molecule has 22 heavy (non-hydrogen) atoms. The molecule has 0 unspecified atom stereocenters. The first kappa shape index (κ1) is 20.5. The minimum atomic E-state index is -0.984. The van der Waals surface area contributed by atoms with Crippen LogP contribution in [0.2, 0.25) is 0 Å². The number of imidazole rings is 1. The number of carboxylic acid groups (broad SMARTS) is 1. The van der Waals surface area contributed by atoms with Gasteiger partial charge in [0.1, 0.15) is 5.75 Å². The van der Waals surface area contributed by atoms with Crippen molar-refractivity contribution < 1.29 is 31.6 Å². The van der Waals surface area contributed by atoms with Gasteiger partial charge in [-0.2, -0.15) is 0 Å². The molecule has 6 nitrogen and oxygen atoms in total. The van der Waals surface area contributed by atoms with Gasteiger partial charge in [0.2, 0.25) is 0 Å². The number of carboxylic acids is 1. The van der Waals surface area contributed by atoms with E-state index in [4.69, 9.17) is 15.6 Å². The van der Waals surface area contributed by atoms with Crippen LogP contribution in [0.25, 0.3) is 11.0 Å². The molecular weight excluding hydrogens is 329 g/mol. The molecule has 0 radical (unpaired) electrons. The van der Waals surface area contributed by atoms with E-state index in [2.05, 4.69) is 23.0 Å². The third-order valence-electron chi connectivity index (χ3n) is 3.33. The van der Waals surface area contributed by atoms with Crippen LogP contribution in [-0.4, -0.2) is 22.2 Å². The molecule has 1 heterocycles. The van der Waals surface area contributed by atoms with Crippen molar-refractivity contribution in [2.75, 3.05) is 6.61 Å². The molecule has 0 fully saturated rings. The topological polar surface area (TPSA) is 81.4 Å². The third kappa shape index (κ3) is 3.82. The molecule has 124 valence electrons. The van der Waals surface area contributed by atoms with Crippen LogP contribution in [0.5, 0.6) is 5.75 Å². The van der Waals surface area contributed by atoms with Gasteiger partial charge in [-0.1, -0.05) is 0 Å². The van der Waals surface area contributed by atoms with Crippen LogP contribution in [0.3, 0.4) is 0 Å². The number of carbonyl (C=O) groups is 1. The summed E-state index contributed by atoms with van der Waals surface area (Å²) in [5, 5.41) is 8.66. The van der Waals surface area contributed by atoms with Gasteiger partial charge < -0.3 is 28.0 Å². The SMILES string of the molecule is CCn1c(CN)[n+](CC)c2ccc(OCC(=O)O)cc21.Cl.[Cl-]. The summed E-state index contributed by atoms with van der Waals surface area (Å²) in [4.78, 5) is 10.6. The number of fused-ring (bicyclic) bond motifs is 1. The van der Waals surface area contributed by atoms with Gasteiger partial charge in [0.25, 0.3) is 5.82 Å². The smallest absolute Gasteiger partial charge is 0.341 e. The largest absolute Gasteiger partial charge is 1.00 e. The van der Waals surface area contributed by atoms with E-state index in [0.29, 0.717) is 12.3 Å². The highest BCUT2D eigenvalue weighted by Crippen LogP contribution is 2.21. The van der Waals surface area contributed by atoms with Crippen LogP contribution < -0.4 is 27.4 Å². The Morgan fingerprint density at radius 3 is 2.59 bits per heavy atom. The Morgan fingerprint density at radius 2 is 2.09 bits per heavy atom. The van der Waals surface area contributed by atoms with Gasteiger partial charge in [-0.25, -0.2) is 13.9 Å². The molecule has 0 atom stereocenters. The first-order chi connectivity index (χ1) is 9.62. The summed E-state index contributed by atoms with van der Waals surface area (Å²) < 4.78 is 9.54. The molecule has 2 rings (SSSR count). The summed E-state index contributed by atoms with van der Waals surface area (Å²) >= 11 is 0. The molecule has 0 aliphatic carbocycles. The summed E-state index contributed by atoms with van der Waals surface area (Å²) in [6.45, 7) is 5.90. The number of hydrogen-bond donors (Lipinski definition) is 2. The fourth-order valence-corrected chi connectivity index (χ4v) is 2.53. The van der Waals surface area contributed by atoms with Crippen molar-refractivity contribution in [3.8, 4) is 5.75 Å². The van der Waals surface area contributed by atoms with Crippen molar-refractivity contribution in [3.05, 3.63) is 24.0 Å². The molecule has 0 spiro atoms. The Balaban J connectivity index is 0.00000220. The lowest BCUT2D eigenvalue weighted by atomic mass is 10.3. The van der Waals surface area contributed by atoms with E-state index in [-0.39, 0.29) is 31.4 Å². The van der Waals surface area contributed by atoms with Gasteiger partial charge in [-0.3, -0.25) is 0 Å². The van der Waals surface area contributed by atoms with E-state index >= 15 is 0 Å². The molecular formula is C14H21Cl2N3O3. The second-order valence-electron chi connectivity index (χ2n) is 4.44. The highest BCUT2D eigenvalue weighted by molar-refractivity contribution is 5.85. The Bertz CT molecular complexity index is 644. The summed E-state index contributed by atoms with van der Waals surface area (Å²) in [6.07, 6.45) is 0. The highest BCUT2D eigenvalue weighted by Gasteiger charge is 2.22. The zero-order chi connectivity index (χ0) is 14.7. The summed E-state index contributed by atoms with van der Waals surface area (Å²) in [6, 6.07) is 5.60. The number of ether oxygens (including phenoxy) is 1. The molecule has 1 aromatic heterocycles. The maximum atomic E-state index is 10.6. The quantitative estimate of drug-likeness (QED) is 0.610. The normalized spacial score (nSPS) is 9.95. The number of nitrogens with zero attached hydrogens (tertiary/aromatic N) is 2. The fourth-order valence-electron chi connectivity index (χ4n) is 2.53. The fraction of sp³-hybridized carbons (Fsp3) is 0.429. The average Bonchev–Trinajstić information content (AvgIpc) is 2.76. The van der Waals surface area contributed by atoms with E-state index in [0.717, 1.165) is 29.9 Å². The van der Waals surface area contributed by atoms with Crippen LogP contribution in [0, 0.1) is 0 Å². The number of benzene rings is 1. The number of aryl methyl sites for hydroxylation is 2. The van der Waals surface area contributed by atoms with Crippen molar-refractivity contribution in [3.63, 3.8) is 0 Å².